The number of benzene rings is 1. The van der Waals surface area contributed by atoms with Crippen molar-refractivity contribution < 1.29 is 9.18 Å². The second-order valence-electron chi connectivity index (χ2n) is 6.19. The van der Waals surface area contributed by atoms with Crippen molar-refractivity contribution in [3.05, 3.63) is 64.1 Å². The quantitative estimate of drug-likeness (QED) is 0.910. The minimum Gasteiger partial charge on any atom is -0.313 e. The van der Waals surface area contributed by atoms with Gasteiger partial charge < -0.3 is 4.98 Å². The van der Waals surface area contributed by atoms with E-state index in [1.807, 2.05) is 0 Å². The van der Waals surface area contributed by atoms with Gasteiger partial charge in [-0.1, -0.05) is 18.2 Å². The number of hydrogen-bond donors (Lipinski definition) is 1. The molecule has 5 nitrogen and oxygen atoms in total. The van der Waals surface area contributed by atoms with Gasteiger partial charge in [0.2, 0.25) is 0 Å². The molecule has 0 saturated carbocycles. The molecule has 6 heteroatoms. The number of aromatic amines is 1. The van der Waals surface area contributed by atoms with Gasteiger partial charge in [0.15, 0.2) is 0 Å². The molecule has 126 valence electrons. The number of hydrogen-bond acceptors (Lipinski definition) is 4. The van der Waals surface area contributed by atoms with Gasteiger partial charge in [-0.3, -0.25) is 14.5 Å². The molecule has 1 aliphatic heterocycles. The molecule has 0 atom stereocenters. The Labute approximate surface area is 139 Å². The summed E-state index contributed by atoms with van der Waals surface area (Å²) in [5.74, 6) is -0.258. The van der Waals surface area contributed by atoms with E-state index in [4.69, 9.17) is 0 Å². The van der Waals surface area contributed by atoms with Gasteiger partial charge in [0.25, 0.3) is 5.56 Å². The summed E-state index contributed by atoms with van der Waals surface area (Å²) in [7, 11) is 0. The molecule has 2 heterocycles. The highest BCUT2D eigenvalue weighted by molar-refractivity contribution is 5.83. The van der Waals surface area contributed by atoms with Crippen LogP contribution in [0.2, 0.25) is 0 Å². The van der Waals surface area contributed by atoms with Crippen LogP contribution in [0.15, 0.2) is 41.6 Å². The average Bonchev–Trinajstić information content (AvgIpc) is 2.59. The first-order valence-corrected chi connectivity index (χ1v) is 8.13. The standard InChI is InChI=1S/C18H20FN3O2/c19-16-4-2-1-3-14(16)9-17(23)13-5-7-22(8-6-13)11-15-10-20-12-21-18(15)24/h1-4,10,12-13H,5-9,11H2,(H,20,21,24). The minimum absolute atomic E-state index is 0.0342. The fourth-order valence-corrected chi connectivity index (χ4v) is 3.11. The van der Waals surface area contributed by atoms with Gasteiger partial charge in [0.05, 0.1) is 6.33 Å². The Morgan fingerprint density at radius 1 is 1.25 bits per heavy atom. The van der Waals surface area contributed by atoms with Gasteiger partial charge in [-0.05, 0) is 37.6 Å². The molecule has 24 heavy (non-hydrogen) atoms. The van der Waals surface area contributed by atoms with E-state index in [1.54, 1.807) is 24.4 Å². The monoisotopic (exact) mass is 329 g/mol. The number of carbonyl (C=O) groups is 1. The fourth-order valence-electron chi connectivity index (χ4n) is 3.11. The van der Waals surface area contributed by atoms with Crippen molar-refractivity contribution in [1.29, 1.82) is 0 Å². The maximum Gasteiger partial charge on any atom is 0.255 e. The number of ketones is 1. The van der Waals surface area contributed by atoms with Crippen LogP contribution < -0.4 is 5.56 Å². The summed E-state index contributed by atoms with van der Waals surface area (Å²) < 4.78 is 13.7. The van der Waals surface area contributed by atoms with Gasteiger partial charge in [-0.2, -0.15) is 0 Å². The third-order valence-electron chi connectivity index (χ3n) is 4.55. The third-order valence-corrected chi connectivity index (χ3v) is 4.55. The zero-order valence-electron chi connectivity index (χ0n) is 13.4. The van der Waals surface area contributed by atoms with Crippen molar-refractivity contribution in [3.8, 4) is 0 Å². The summed E-state index contributed by atoms with van der Waals surface area (Å²) in [5.41, 5.74) is 0.975. The van der Waals surface area contributed by atoms with Crippen molar-refractivity contribution in [2.75, 3.05) is 13.1 Å². The second kappa shape index (κ2) is 7.49. The molecular formula is C18H20FN3O2. The molecule has 1 fully saturated rings. The van der Waals surface area contributed by atoms with Crippen LogP contribution in [-0.4, -0.2) is 33.7 Å². The van der Waals surface area contributed by atoms with Gasteiger partial charge in [-0.15, -0.1) is 0 Å². The number of nitrogens with zero attached hydrogens (tertiary/aromatic N) is 2. The number of rotatable bonds is 5. The first-order chi connectivity index (χ1) is 11.6. The van der Waals surface area contributed by atoms with Crippen LogP contribution in [0.3, 0.4) is 0 Å². The molecule has 1 saturated heterocycles. The summed E-state index contributed by atoms with van der Waals surface area (Å²) >= 11 is 0. The molecule has 0 unspecified atom stereocenters. The van der Waals surface area contributed by atoms with Crippen molar-refractivity contribution in [2.45, 2.75) is 25.8 Å². The summed E-state index contributed by atoms with van der Waals surface area (Å²) in [6, 6.07) is 6.43. The lowest BCUT2D eigenvalue weighted by atomic mass is 9.89. The summed E-state index contributed by atoms with van der Waals surface area (Å²) in [6.45, 7) is 2.04. The smallest absolute Gasteiger partial charge is 0.255 e. The largest absolute Gasteiger partial charge is 0.313 e. The molecule has 0 aliphatic carbocycles. The lowest BCUT2D eigenvalue weighted by Gasteiger charge is -2.31. The zero-order valence-corrected chi connectivity index (χ0v) is 13.4. The van der Waals surface area contributed by atoms with Gasteiger partial charge in [0.1, 0.15) is 11.6 Å². The van der Waals surface area contributed by atoms with Crippen molar-refractivity contribution in [2.24, 2.45) is 5.92 Å². The molecule has 1 aliphatic rings. The predicted octanol–water partition coefficient (Wildman–Crippen LogP) is 1.93. The Morgan fingerprint density at radius 3 is 2.71 bits per heavy atom. The van der Waals surface area contributed by atoms with E-state index in [-0.39, 0.29) is 29.5 Å². The number of halogens is 1. The molecule has 0 radical (unpaired) electrons. The topological polar surface area (TPSA) is 66.1 Å². The molecule has 0 bridgehead atoms. The third kappa shape index (κ3) is 3.94. The molecule has 1 aromatic carbocycles. The number of likely N-dealkylation sites (tertiary alicyclic amines) is 1. The maximum absolute atomic E-state index is 13.7. The number of H-pyrrole nitrogens is 1. The Kier molecular flexibility index (Phi) is 5.15. The van der Waals surface area contributed by atoms with Gasteiger partial charge in [-0.25, -0.2) is 9.37 Å². The van der Waals surface area contributed by atoms with Crippen molar-refractivity contribution >= 4 is 5.78 Å². The summed E-state index contributed by atoms with van der Waals surface area (Å²) in [6.07, 6.45) is 4.59. The van der Waals surface area contributed by atoms with Gasteiger partial charge >= 0.3 is 0 Å². The number of carbonyl (C=O) groups excluding carboxylic acids is 1. The van der Waals surface area contributed by atoms with Crippen LogP contribution in [0, 0.1) is 11.7 Å². The Bertz CT molecular complexity index is 767. The van der Waals surface area contributed by atoms with Crippen LogP contribution in [0.5, 0.6) is 0 Å². The molecule has 2 aromatic rings. The highest BCUT2D eigenvalue weighted by Crippen LogP contribution is 2.21. The van der Waals surface area contributed by atoms with E-state index in [0.717, 1.165) is 25.9 Å². The van der Waals surface area contributed by atoms with Crippen LogP contribution in [0.4, 0.5) is 4.39 Å². The predicted molar refractivity (Wildman–Crippen MR) is 88.0 cm³/mol. The Morgan fingerprint density at radius 2 is 2.00 bits per heavy atom. The molecule has 1 aromatic heterocycles. The number of piperidine rings is 1. The fraction of sp³-hybridized carbons (Fsp3) is 0.389. The molecule has 1 N–H and O–H groups in total. The summed E-state index contributed by atoms with van der Waals surface area (Å²) in [4.78, 5) is 32.7. The summed E-state index contributed by atoms with van der Waals surface area (Å²) in [5, 5.41) is 0. The van der Waals surface area contributed by atoms with Crippen LogP contribution in [0.25, 0.3) is 0 Å². The normalized spacial score (nSPS) is 16.2. The first-order valence-electron chi connectivity index (χ1n) is 8.13. The lowest BCUT2D eigenvalue weighted by molar-refractivity contribution is -0.123. The minimum atomic E-state index is -0.320. The van der Waals surface area contributed by atoms with E-state index in [1.165, 1.54) is 12.4 Å². The lowest BCUT2D eigenvalue weighted by Crippen LogP contribution is -2.37. The van der Waals surface area contributed by atoms with Crippen molar-refractivity contribution in [3.63, 3.8) is 0 Å². The van der Waals surface area contributed by atoms with Crippen LogP contribution in [-0.2, 0) is 17.8 Å². The Balaban J connectivity index is 1.53. The van der Waals surface area contributed by atoms with Crippen LogP contribution >= 0.6 is 0 Å². The average molecular weight is 329 g/mol. The Hall–Kier alpha value is -2.34. The van der Waals surface area contributed by atoms with Gasteiger partial charge in [0, 0.05) is 30.6 Å². The first kappa shape index (κ1) is 16.5. The number of nitrogens with one attached hydrogen (secondary N) is 1. The highest BCUT2D eigenvalue weighted by atomic mass is 19.1. The van der Waals surface area contributed by atoms with E-state index in [9.17, 15) is 14.0 Å². The highest BCUT2D eigenvalue weighted by Gasteiger charge is 2.25. The molecule has 0 amide bonds. The molecule has 3 rings (SSSR count). The SMILES string of the molecule is O=C(Cc1ccccc1F)C1CCN(Cc2cnc[nH]c2=O)CC1. The van der Waals surface area contributed by atoms with Crippen LogP contribution in [0.1, 0.15) is 24.0 Å². The van der Waals surface area contributed by atoms with E-state index < -0.39 is 0 Å². The van der Waals surface area contributed by atoms with E-state index in [0.29, 0.717) is 17.7 Å². The number of Topliss-reactive ketones (excluding diaryl/α,β-unsaturated/α-hetero) is 1. The zero-order chi connectivity index (χ0) is 16.9. The van der Waals surface area contributed by atoms with E-state index in [2.05, 4.69) is 14.9 Å². The second-order valence-corrected chi connectivity index (χ2v) is 6.19. The van der Waals surface area contributed by atoms with E-state index >= 15 is 0 Å². The molecule has 0 spiro atoms. The maximum atomic E-state index is 13.7. The molecular weight excluding hydrogens is 309 g/mol. The number of aromatic nitrogens is 2. The van der Waals surface area contributed by atoms with Crippen molar-refractivity contribution in [1.82, 2.24) is 14.9 Å².